The van der Waals surface area contributed by atoms with Crippen molar-refractivity contribution in [3.63, 3.8) is 0 Å². The third-order valence-electron chi connectivity index (χ3n) is 5.57. The van der Waals surface area contributed by atoms with Crippen LogP contribution in [-0.4, -0.2) is 22.9 Å². The number of aromatic amines is 1. The second-order valence-electron chi connectivity index (χ2n) is 7.31. The second kappa shape index (κ2) is 6.99. The predicted octanol–water partition coefficient (Wildman–Crippen LogP) is 5.20. The lowest BCUT2D eigenvalue weighted by molar-refractivity contribution is 0.0726. The first kappa shape index (κ1) is 18.4. The first-order valence-corrected chi connectivity index (χ1v) is 9.56. The number of carbonyl (C=O) groups excluding carboxylic acids is 1. The highest BCUT2D eigenvalue weighted by Gasteiger charge is 2.37. The van der Waals surface area contributed by atoms with Gasteiger partial charge >= 0.3 is 0 Å². The molecule has 0 unspecified atom stereocenters. The molecule has 150 valence electrons. The third kappa shape index (κ3) is 2.84. The van der Waals surface area contributed by atoms with E-state index in [0.29, 0.717) is 23.4 Å². The number of carbonyl (C=O) groups is 1. The summed E-state index contributed by atoms with van der Waals surface area (Å²) in [4.78, 5) is 18.3. The van der Waals surface area contributed by atoms with Crippen LogP contribution in [0.4, 0.5) is 8.78 Å². The maximum Gasteiger partial charge on any atom is 0.255 e. The number of nitrogens with zero attached hydrogens (tertiary/aromatic N) is 1. The molecular formula is C24H18F2N2O2. The number of rotatable bonds is 4. The molecule has 0 saturated heterocycles. The summed E-state index contributed by atoms with van der Waals surface area (Å²) in [5.74, 6) is -1.97. The Labute approximate surface area is 171 Å². The van der Waals surface area contributed by atoms with Gasteiger partial charge in [-0.2, -0.15) is 0 Å². The van der Waals surface area contributed by atoms with Crippen molar-refractivity contribution in [3.8, 4) is 5.75 Å². The van der Waals surface area contributed by atoms with Crippen LogP contribution in [0.2, 0.25) is 0 Å². The molecule has 4 nitrogen and oxygen atoms in total. The topological polar surface area (TPSA) is 45.3 Å². The number of halogens is 2. The van der Waals surface area contributed by atoms with E-state index in [1.54, 1.807) is 11.0 Å². The van der Waals surface area contributed by atoms with Gasteiger partial charge in [-0.1, -0.05) is 36.4 Å². The van der Waals surface area contributed by atoms with Gasteiger partial charge in [0.05, 0.1) is 7.11 Å². The van der Waals surface area contributed by atoms with E-state index in [1.807, 2.05) is 48.5 Å². The zero-order chi connectivity index (χ0) is 20.8. The van der Waals surface area contributed by atoms with E-state index in [9.17, 15) is 13.6 Å². The Kier molecular flexibility index (Phi) is 4.28. The lowest BCUT2D eigenvalue weighted by atomic mass is 10.00. The minimum absolute atomic E-state index is 0.166. The fourth-order valence-electron chi connectivity index (χ4n) is 4.17. The predicted molar refractivity (Wildman–Crippen MR) is 109 cm³/mol. The van der Waals surface area contributed by atoms with Gasteiger partial charge < -0.3 is 14.6 Å². The van der Waals surface area contributed by atoms with E-state index >= 15 is 0 Å². The minimum Gasteiger partial charge on any atom is -0.496 e. The summed E-state index contributed by atoms with van der Waals surface area (Å²) in [6, 6.07) is 18.5. The first-order valence-electron chi connectivity index (χ1n) is 9.56. The van der Waals surface area contributed by atoms with Gasteiger partial charge in [0.1, 0.15) is 11.8 Å². The molecule has 0 spiro atoms. The van der Waals surface area contributed by atoms with Crippen LogP contribution in [0.5, 0.6) is 5.75 Å². The molecule has 30 heavy (non-hydrogen) atoms. The van der Waals surface area contributed by atoms with Crippen molar-refractivity contribution >= 4 is 16.8 Å². The van der Waals surface area contributed by atoms with Crippen molar-refractivity contribution in [2.45, 2.75) is 12.6 Å². The molecule has 1 aliphatic heterocycles. The van der Waals surface area contributed by atoms with Gasteiger partial charge in [0.2, 0.25) is 0 Å². The van der Waals surface area contributed by atoms with Crippen LogP contribution in [-0.2, 0) is 6.54 Å². The van der Waals surface area contributed by atoms with Gasteiger partial charge in [-0.25, -0.2) is 8.78 Å². The molecule has 3 aromatic carbocycles. The van der Waals surface area contributed by atoms with E-state index < -0.39 is 17.7 Å². The number of para-hydroxylation sites is 1. The lowest BCUT2D eigenvalue weighted by Gasteiger charge is -2.29. The highest BCUT2D eigenvalue weighted by molar-refractivity contribution is 5.99. The van der Waals surface area contributed by atoms with Crippen molar-refractivity contribution in [3.05, 3.63) is 101 Å². The molecule has 2 heterocycles. The second-order valence-corrected chi connectivity index (χ2v) is 7.31. The number of amides is 1. The third-order valence-corrected chi connectivity index (χ3v) is 5.57. The lowest BCUT2D eigenvalue weighted by Crippen LogP contribution is -2.30. The number of fused-ring (bicyclic) bond motifs is 2. The molecule has 5 rings (SSSR count). The molecule has 0 saturated carbocycles. The largest absolute Gasteiger partial charge is 0.496 e. The van der Waals surface area contributed by atoms with Gasteiger partial charge in [0.15, 0.2) is 11.6 Å². The molecule has 6 heteroatoms. The summed E-state index contributed by atoms with van der Waals surface area (Å²) in [5.41, 5.74) is 3.47. The van der Waals surface area contributed by atoms with Gasteiger partial charge in [-0.05, 0) is 35.2 Å². The number of hydrogen-bond acceptors (Lipinski definition) is 2. The number of ether oxygens (including phenoxy) is 1. The highest BCUT2D eigenvalue weighted by atomic mass is 19.2. The number of H-pyrrole nitrogens is 1. The summed E-state index contributed by atoms with van der Waals surface area (Å²) < 4.78 is 33.6. The van der Waals surface area contributed by atoms with Gasteiger partial charge in [0.25, 0.3) is 5.91 Å². The average Bonchev–Trinajstić information content (AvgIpc) is 3.32. The van der Waals surface area contributed by atoms with E-state index in [2.05, 4.69) is 4.98 Å². The molecular weight excluding hydrogens is 386 g/mol. The van der Waals surface area contributed by atoms with Crippen LogP contribution in [0.3, 0.4) is 0 Å². The van der Waals surface area contributed by atoms with Crippen molar-refractivity contribution in [2.75, 3.05) is 7.11 Å². The molecule has 0 aliphatic carbocycles. The molecule has 4 aromatic rings. The minimum atomic E-state index is -0.998. The maximum atomic E-state index is 14.3. The number of methoxy groups -OCH3 is 1. The van der Waals surface area contributed by atoms with Crippen molar-refractivity contribution < 1.29 is 18.3 Å². The molecule has 1 aliphatic rings. The van der Waals surface area contributed by atoms with Crippen LogP contribution < -0.4 is 4.74 Å². The summed E-state index contributed by atoms with van der Waals surface area (Å²) in [6.45, 7) is 0.358. The molecule has 1 aromatic heterocycles. The molecule has 1 amide bonds. The van der Waals surface area contributed by atoms with Crippen LogP contribution in [0.25, 0.3) is 10.9 Å². The van der Waals surface area contributed by atoms with E-state index in [4.69, 9.17) is 4.74 Å². The number of aromatic nitrogens is 1. The summed E-state index contributed by atoms with van der Waals surface area (Å²) in [7, 11) is 1.40. The van der Waals surface area contributed by atoms with Crippen LogP contribution in [0.1, 0.15) is 33.2 Å². The number of nitrogens with one attached hydrogen (secondary N) is 1. The summed E-state index contributed by atoms with van der Waals surface area (Å²) in [5, 5.41) is 0.961. The first-order chi connectivity index (χ1) is 14.6. The van der Waals surface area contributed by atoms with Gasteiger partial charge in [0, 0.05) is 34.9 Å². The van der Waals surface area contributed by atoms with Crippen LogP contribution in [0.15, 0.2) is 66.7 Å². The van der Waals surface area contributed by atoms with Gasteiger partial charge in [-0.15, -0.1) is 0 Å². The Bertz CT molecular complexity index is 1250. The van der Waals surface area contributed by atoms with Crippen molar-refractivity contribution in [2.24, 2.45) is 0 Å². The molecule has 0 bridgehead atoms. The smallest absolute Gasteiger partial charge is 0.255 e. The van der Waals surface area contributed by atoms with Crippen LogP contribution >= 0.6 is 0 Å². The Morgan fingerprint density at radius 2 is 1.73 bits per heavy atom. The van der Waals surface area contributed by atoms with Crippen molar-refractivity contribution in [1.29, 1.82) is 0 Å². The zero-order valence-corrected chi connectivity index (χ0v) is 16.2. The Morgan fingerprint density at radius 1 is 1.00 bits per heavy atom. The monoisotopic (exact) mass is 404 g/mol. The average molecular weight is 404 g/mol. The number of hydrogen-bond donors (Lipinski definition) is 1. The quantitative estimate of drug-likeness (QED) is 0.508. The summed E-state index contributed by atoms with van der Waals surface area (Å²) in [6.07, 6.45) is 0. The zero-order valence-electron chi connectivity index (χ0n) is 16.2. The van der Waals surface area contributed by atoms with Crippen LogP contribution in [0, 0.1) is 11.6 Å². The van der Waals surface area contributed by atoms with E-state index in [1.165, 1.54) is 7.11 Å². The Balaban J connectivity index is 1.72. The molecule has 1 atom stereocenters. The van der Waals surface area contributed by atoms with Gasteiger partial charge in [-0.3, -0.25) is 4.79 Å². The highest BCUT2D eigenvalue weighted by Crippen LogP contribution is 2.40. The Morgan fingerprint density at radius 3 is 2.50 bits per heavy atom. The molecule has 0 fully saturated rings. The SMILES string of the molecule is COc1cc(F)c(F)cc1[C@H](c1cc2ccccc2[nH]1)N1Cc2ccccc2C1=O. The summed E-state index contributed by atoms with van der Waals surface area (Å²) >= 11 is 0. The van der Waals surface area contributed by atoms with Crippen molar-refractivity contribution in [1.82, 2.24) is 9.88 Å². The van der Waals surface area contributed by atoms with E-state index in [0.717, 1.165) is 28.6 Å². The maximum absolute atomic E-state index is 14.3. The molecule has 0 radical (unpaired) electrons. The fraction of sp³-hybridized carbons (Fsp3) is 0.125. The Hall–Kier alpha value is -3.67. The molecule has 1 N–H and O–H groups in total. The normalized spacial score (nSPS) is 14.2. The fourth-order valence-corrected chi connectivity index (χ4v) is 4.17. The van der Waals surface area contributed by atoms with E-state index in [-0.39, 0.29) is 11.7 Å². The number of benzene rings is 3. The standard InChI is InChI=1S/C24H18F2N2O2/c1-30-22-12-19(26)18(25)11-17(22)23(21-10-14-6-3-5-9-20(14)27-21)28-13-15-7-2-4-8-16(15)24(28)29/h2-12,23,27H,13H2,1H3/t23-/m1/s1.